The highest BCUT2D eigenvalue weighted by molar-refractivity contribution is 6.11. The third-order valence-electron chi connectivity index (χ3n) is 7.65. The molecule has 3 aromatic carbocycles. The first-order chi connectivity index (χ1) is 19.8. The summed E-state index contributed by atoms with van der Waals surface area (Å²) in [5.41, 5.74) is 3.13. The number of carbonyl (C=O) groups is 2. The van der Waals surface area contributed by atoms with Crippen LogP contribution >= 0.6 is 0 Å². The molecule has 0 saturated heterocycles. The van der Waals surface area contributed by atoms with Crippen LogP contribution in [0, 0.1) is 11.2 Å². The van der Waals surface area contributed by atoms with Crippen LogP contribution in [0.1, 0.15) is 24.0 Å². The highest BCUT2D eigenvalue weighted by Crippen LogP contribution is 2.49. The Morgan fingerprint density at radius 1 is 0.927 bits per heavy atom. The Labute approximate surface area is 236 Å². The first-order valence-electron chi connectivity index (χ1n) is 13.4. The van der Waals surface area contributed by atoms with Gasteiger partial charge in [0.2, 0.25) is 0 Å². The molecule has 2 heterocycles. The molecule has 1 saturated carbocycles. The number of hydrogen-bond donors (Lipinski definition) is 0. The van der Waals surface area contributed by atoms with Gasteiger partial charge in [0.25, 0.3) is 0 Å². The van der Waals surface area contributed by atoms with E-state index in [4.69, 9.17) is 9.47 Å². The van der Waals surface area contributed by atoms with Crippen LogP contribution in [0.25, 0.3) is 22.0 Å². The van der Waals surface area contributed by atoms with Crippen molar-refractivity contribution in [3.05, 3.63) is 102 Å². The molecule has 0 radical (unpaired) electrons. The fourth-order valence-electron chi connectivity index (χ4n) is 5.14. The number of ether oxygens (including phenoxy) is 2. The van der Waals surface area contributed by atoms with Crippen molar-refractivity contribution < 1.29 is 23.5 Å². The van der Waals surface area contributed by atoms with Gasteiger partial charge in [-0.15, -0.1) is 0 Å². The predicted molar refractivity (Wildman–Crippen MR) is 153 cm³/mol. The zero-order valence-corrected chi connectivity index (χ0v) is 22.8. The van der Waals surface area contributed by atoms with E-state index in [1.807, 2.05) is 55.7 Å². The molecule has 1 aliphatic carbocycles. The number of Topliss-reactive ketones (excluding diaryl/α,β-unsaturated/α-hetero) is 2. The van der Waals surface area contributed by atoms with Crippen molar-refractivity contribution in [2.24, 2.45) is 12.5 Å². The van der Waals surface area contributed by atoms with Crippen molar-refractivity contribution in [1.82, 2.24) is 14.8 Å². The number of halogens is 1. The molecule has 1 aliphatic rings. The van der Waals surface area contributed by atoms with Crippen LogP contribution in [-0.2, 0) is 29.5 Å². The summed E-state index contributed by atoms with van der Waals surface area (Å²) in [6.45, 7) is 0. The first-order valence-corrected chi connectivity index (χ1v) is 13.4. The summed E-state index contributed by atoms with van der Waals surface area (Å²) in [7, 11) is 3.49. The van der Waals surface area contributed by atoms with Gasteiger partial charge in [-0.05, 0) is 60.4 Å². The smallest absolute Gasteiger partial charge is 0.150 e. The third kappa shape index (κ3) is 5.33. The molecule has 41 heavy (non-hydrogen) atoms. The lowest BCUT2D eigenvalue weighted by atomic mass is 9.88. The minimum atomic E-state index is -0.924. The molecule has 7 nitrogen and oxygen atoms in total. The summed E-state index contributed by atoms with van der Waals surface area (Å²) in [5.74, 6) is 1.42. The molecular formula is C33H28FN3O4. The molecule has 0 amide bonds. The number of fused-ring (bicyclic) bond motifs is 1. The van der Waals surface area contributed by atoms with E-state index in [0.717, 1.165) is 27.6 Å². The standard InChI is InChI=1S/C33H28FN3O4/c1-37-20-23(19-36-37)26-17-27-28(18-30(26)40-2)35-14-11-29(27)41-25-9-5-22(6-10-25)16-32(39)33(12-13-33)31(38)15-21-3-7-24(34)8-4-21/h3-11,14,17-20H,12-13,15-16H2,1-2H3. The maximum atomic E-state index is 13.2. The molecular weight excluding hydrogens is 521 g/mol. The van der Waals surface area contributed by atoms with Crippen LogP contribution in [0.2, 0.25) is 0 Å². The zero-order valence-electron chi connectivity index (χ0n) is 22.8. The maximum absolute atomic E-state index is 13.2. The molecule has 0 spiro atoms. The van der Waals surface area contributed by atoms with E-state index >= 15 is 0 Å². The number of aryl methyl sites for hydroxylation is 1. The van der Waals surface area contributed by atoms with Gasteiger partial charge >= 0.3 is 0 Å². The second-order valence-electron chi connectivity index (χ2n) is 10.4. The molecule has 5 aromatic rings. The Morgan fingerprint density at radius 3 is 2.17 bits per heavy atom. The second kappa shape index (κ2) is 10.6. The molecule has 0 unspecified atom stereocenters. The van der Waals surface area contributed by atoms with Gasteiger partial charge in [-0.25, -0.2) is 4.39 Å². The largest absolute Gasteiger partial charge is 0.496 e. The van der Waals surface area contributed by atoms with Gasteiger partial charge in [0.1, 0.15) is 23.1 Å². The Hall–Kier alpha value is -4.85. The lowest BCUT2D eigenvalue weighted by Gasteiger charge is -2.14. The number of rotatable bonds is 10. The fraction of sp³-hybridized carbons (Fsp3) is 0.212. The monoisotopic (exact) mass is 549 g/mol. The molecule has 0 atom stereocenters. The molecule has 2 aromatic heterocycles. The minimum absolute atomic E-state index is 0.0738. The van der Waals surface area contributed by atoms with Crippen molar-refractivity contribution in [2.45, 2.75) is 25.7 Å². The Balaban J connectivity index is 1.17. The number of carbonyl (C=O) groups excluding carboxylic acids is 2. The molecule has 0 N–H and O–H groups in total. The van der Waals surface area contributed by atoms with Crippen LogP contribution in [0.4, 0.5) is 4.39 Å². The van der Waals surface area contributed by atoms with Crippen LogP contribution in [0.15, 0.2) is 85.3 Å². The quantitative estimate of drug-likeness (QED) is 0.191. The average Bonchev–Trinajstić information content (AvgIpc) is 3.69. The van der Waals surface area contributed by atoms with Gasteiger partial charge in [0, 0.05) is 54.9 Å². The molecule has 8 heteroatoms. The predicted octanol–water partition coefficient (Wildman–Crippen LogP) is 6.28. The Morgan fingerprint density at radius 2 is 1.59 bits per heavy atom. The minimum Gasteiger partial charge on any atom is -0.496 e. The number of aromatic nitrogens is 3. The van der Waals surface area contributed by atoms with Crippen LogP contribution in [-0.4, -0.2) is 33.4 Å². The zero-order chi connectivity index (χ0) is 28.6. The van der Waals surface area contributed by atoms with E-state index in [1.54, 1.807) is 36.3 Å². The van der Waals surface area contributed by atoms with E-state index in [2.05, 4.69) is 10.1 Å². The van der Waals surface area contributed by atoms with Crippen molar-refractivity contribution in [1.29, 1.82) is 0 Å². The molecule has 1 fully saturated rings. The number of hydrogen-bond acceptors (Lipinski definition) is 6. The maximum Gasteiger partial charge on any atom is 0.150 e. The highest BCUT2D eigenvalue weighted by atomic mass is 19.1. The average molecular weight is 550 g/mol. The summed E-state index contributed by atoms with van der Waals surface area (Å²) in [6.07, 6.45) is 6.81. The third-order valence-corrected chi connectivity index (χ3v) is 7.65. The molecule has 0 bridgehead atoms. The first kappa shape index (κ1) is 26.4. The van der Waals surface area contributed by atoms with E-state index in [0.29, 0.717) is 35.7 Å². The highest BCUT2D eigenvalue weighted by Gasteiger charge is 2.54. The molecule has 206 valence electrons. The normalized spacial score (nSPS) is 13.6. The number of benzene rings is 3. The fourth-order valence-corrected chi connectivity index (χ4v) is 5.14. The lowest BCUT2D eigenvalue weighted by Crippen LogP contribution is -2.28. The topological polar surface area (TPSA) is 83.3 Å². The summed E-state index contributed by atoms with van der Waals surface area (Å²) in [4.78, 5) is 30.6. The van der Waals surface area contributed by atoms with Crippen molar-refractivity contribution in [3.63, 3.8) is 0 Å². The van der Waals surface area contributed by atoms with E-state index in [1.165, 1.54) is 12.1 Å². The van der Waals surface area contributed by atoms with Gasteiger partial charge in [-0.2, -0.15) is 5.10 Å². The van der Waals surface area contributed by atoms with Crippen LogP contribution in [0.3, 0.4) is 0 Å². The number of ketones is 2. The summed E-state index contributed by atoms with van der Waals surface area (Å²) in [6, 6.07) is 18.9. The van der Waals surface area contributed by atoms with E-state index in [-0.39, 0.29) is 30.2 Å². The van der Waals surface area contributed by atoms with Gasteiger partial charge in [0.05, 0.1) is 24.2 Å². The van der Waals surface area contributed by atoms with Gasteiger partial charge in [0.15, 0.2) is 11.6 Å². The number of nitrogens with zero attached hydrogens (tertiary/aromatic N) is 3. The van der Waals surface area contributed by atoms with E-state index in [9.17, 15) is 14.0 Å². The van der Waals surface area contributed by atoms with Gasteiger partial charge in [-0.3, -0.25) is 19.3 Å². The number of methoxy groups -OCH3 is 1. The Bertz CT molecular complexity index is 1760. The van der Waals surface area contributed by atoms with Gasteiger partial charge in [-0.1, -0.05) is 24.3 Å². The van der Waals surface area contributed by atoms with Crippen LogP contribution in [0.5, 0.6) is 17.2 Å². The summed E-state index contributed by atoms with van der Waals surface area (Å²) < 4.78 is 26.8. The van der Waals surface area contributed by atoms with E-state index < -0.39 is 5.41 Å². The van der Waals surface area contributed by atoms with Crippen molar-refractivity contribution in [2.75, 3.05) is 7.11 Å². The lowest BCUT2D eigenvalue weighted by molar-refractivity contribution is -0.133. The Kier molecular flexibility index (Phi) is 6.83. The summed E-state index contributed by atoms with van der Waals surface area (Å²) >= 11 is 0. The second-order valence-corrected chi connectivity index (χ2v) is 10.4. The van der Waals surface area contributed by atoms with Crippen molar-refractivity contribution >= 4 is 22.5 Å². The van der Waals surface area contributed by atoms with Crippen LogP contribution < -0.4 is 9.47 Å². The molecule has 0 aliphatic heterocycles. The summed E-state index contributed by atoms with van der Waals surface area (Å²) in [5, 5.41) is 5.10. The molecule has 6 rings (SSSR count). The van der Waals surface area contributed by atoms with Crippen molar-refractivity contribution in [3.8, 4) is 28.4 Å². The SMILES string of the molecule is COc1cc2nccc(Oc3ccc(CC(=O)C4(C(=O)Cc5ccc(F)cc5)CC4)cc3)c2cc1-c1cnn(C)c1. The number of pyridine rings is 1. The van der Waals surface area contributed by atoms with Gasteiger partial charge < -0.3 is 9.47 Å².